The summed E-state index contributed by atoms with van der Waals surface area (Å²) in [5.41, 5.74) is 5.99. The summed E-state index contributed by atoms with van der Waals surface area (Å²) in [5.74, 6) is 0.0270. The highest BCUT2D eigenvalue weighted by Gasteiger charge is 2.01. The summed E-state index contributed by atoms with van der Waals surface area (Å²) >= 11 is 0. The first-order chi connectivity index (χ1) is 7.72. The van der Waals surface area contributed by atoms with Crippen molar-refractivity contribution < 1.29 is 9.53 Å². The second kappa shape index (κ2) is 6.86. The van der Waals surface area contributed by atoms with Crippen molar-refractivity contribution in [3.8, 4) is 0 Å². The summed E-state index contributed by atoms with van der Waals surface area (Å²) in [6, 6.07) is 0. The summed E-state index contributed by atoms with van der Waals surface area (Å²) in [4.78, 5) is 18.7. The van der Waals surface area contributed by atoms with Crippen molar-refractivity contribution >= 4 is 5.91 Å². The minimum Gasteiger partial charge on any atom is -0.383 e. The molecule has 0 spiro atoms. The van der Waals surface area contributed by atoms with Crippen LogP contribution in [0.2, 0.25) is 0 Å². The maximum atomic E-state index is 10.6. The molecule has 0 saturated carbocycles. The number of aromatic nitrogens is 2. The molecule has 6 heteroatoms. The lowest BCUT2D eigenvalue weighted by Gasteiger charge is -2.03. The molecule has 0 aliphatic rings. The molecule has 1 aromatic rings. The fraction of sp³-hybridized carbons (Fsp3) is 0.500. The SMILES string of the molecule is COCCNCc1cnc(CC(N)=O)nc1. The van der Waals surface area contributed by atoms with Gasteiger partial charge in [0, 0.05) is 38.2 Å². The summed E-state index contributed by atoms with van der Waals surface area (Å²) < 4.78 is 4.90. The summed E-state index contributed by atoms with van der Waals surface area (Å²) in [5, 5.41) is 3.17. The Morgan fingerprint density at radius 2 is 2.19 bits per heavy atom. The van der Waals surface area contributed by atoms with Gasteiger partial charge in [0.2, 0.25) is 5.91 Å². The second-order valence-corrected chi connectivity index (χ2v) is 3.32. The molecule has 6 nitrogen and oxygen atoms in total. The molecular weight excluding hydrogens is 208 g/mol. The van der Waals surface area contributed by atoms with Gasteiger partial charge >= 0.3 is 0 Å². The molecule has 16 heavy (non-hydrogen) atoms. The zero-order valence-electron chi connectivity index (χ0n) is 9.27. The Bertz CT molecular complexity index is 326. The minimum atomic E-state index is -0.425. The van der Waals surface area contributed by atoms with Gasteiger partial charge in [-0.3, -0.25) is 4.79 Å². The number of methoxy groups -OCH3 is 1. The number of nitrogens with zero attached hydrogens (tertiary/aromatic N) is 2. The van der Waals surface area contributed by atoms with Crippen LogP contribution in [0.1, 0.15) is 11.4 Å². The molecule has 0 aromatic carbocycles. The van der Waals surface area contributed by atoms with Crippen LogP contribution < -0.4 is 11.1 Å². The summed E-state index contributed by atoms with van der Waals surface area (Å²) in [6.07, 6.45) is 3.45. The third-order valence-electron chi connectivity index (χ3n) is 1.90. The molecule has 0 atom stereocenters. The Hall–Kier alpha value is -1.53. The Labute approximate surface area is 94.2 Å². The zero-order valence-corrected chi connectivity index (χ0v) is 9.27. The number of rotatable bonds is 7. The van der Waals surface area contributed by atoms with Crippen molar-refractivity contribution in [1.29, 1.82) is 0 Å². The van der Waals surface area contributed by atoms with Gasteiger partial charge < -0.3 is 15.8 Å². The van der Waals surface area contributed by atoms with E-state index >= 15 is 0 Å². The summed E-state index contributed by atoms with van der Waals surface area (Å²) in [7, 11) is 1.66. The molecule has 1 rings (SSSR count). The van der Waals surface area contributed by atoms with E-state index in [0.717, 1.165) is 12.1 Å². The molecule has 0 fully saturated rings. The average molecular weight is 224 g/mol. The van der Waals surface area contributed by atoms with Crippen LogP contribution in [0.25, 0.3) is 0 Å². The van der Waals surface area contributed by atoms with Crippen LogP contribution in [0.15, 0.2) is 12.4 Å². The highest BCUT2D eigenvalue weighted by molar-refractivity contribution is 5.75. The average Bonchev–Trinajstić information content (AvgIpc) is 2.26. The van der Waals surface area contributed by atoms with E-state index in [0.29, 0.717) is 19.0 Å². The molecule has 1 heterocycles. The van der Waals surface area contributed by atoms with Crippen molar-refractivity contribution in [2.75, 3.05) is 20.3 Å². The molecule has 0 radical (unpaired) electrons. The van der Waals surface area contributed by atoms with Crippen LogP contribution in [0.4, 0.5) is 0 Å². The molecule has 88 valence electrons. The van der Waals surface area contributed by atoms with Gasteiger partial charge in [0.05, 0.1) is 13.0 Å². The number of primary amides is 1. The fourth-order valence-corrected chi connectivity index (χ4v) is 1.13. The quantitative estimate of drug-likeness (QED) is 0.594. The largest absolute Gasteiger partial charge is 0.383 e. The van der Waals surface area contributed by atoms with Crippen LogP contribution in [0.5, 0.6) is 0 Å². The molecule has 1 aromatic heterocycles. The molecule has 0 bridgehead atoms. The van der Waals surface area contributed by atoms with Crippen LogP contribution >= 0.6 is 0 Å². The van der Waals surface area contributed by atoms with E-state index in [1.807, 2.05) is 0 Å². The molecule has 0 saturated heterocycles. The van der Waals surface area contributed by atoms with E-state index in [2.05, 4.69) is 15.3 Å². The Balaban J connectivity index is 2.36. The standard InChI is InChI=1S/C10H16N4O2/c1-16-3-2-12-5-8-6-13-10(14-7-8)4-9(11)15/h6-7,12H,2-5H2,1H3,(H2,11,15). The van der Waals surface area contributed by atoms with Gasteiger partial charge in [0.25, 0.3) is 0 Å². The van der Waals surface area contributed by atoms with Crippen LogP contribution in [0, 0.1) is 0 Å². The van der Waals surface area contributed by atoms with Crippen LogP contribution in [-0.2, 0) is 22.5 Å². The Kier molecular flexibility index (Phi) is 5.38. The number of carbonyl (C=O) groups excluding carboxylic acids is 1. The van der Waals surface area contributed by atoms with E-state index in [1.165, 1.54) is 0 Å². The van der Waals surface area contributed by atoms with Crippen LogP contribution in [-0.4, -0.2) is 36.1 Å². The number of nitrogens with two attached hydrogens (primary N) is 1. The van der Waals surface area contributed by atoms with Gasteiger partial charge in [0.1, 0.15) is 5.82 Å². The third-order valence-corrected chi connectivity index (χ3v) is 1.90. The van der Waals surface area contributed by atoms with E-state index in [4.69, 9.17) is 10.5 Å². The maximum absolute atomic E-state index is 10.6. The first-order valence-corrected chi connectivity index (χ1v) is 5.00. The van der Waals surface area contributed by atoms with E-state index in [-0.39, 0.29) is 6.42 Å². The molecule has 0 aliphatic heterocycles. The lowest BCUT2D eigenvalue weighted by molar-refractivity contribution is -0.117. The Morgan fingerprint density at radius 3 is 2.75 bits per heavy atom. The first kappa shape index (κ1) is 12.5. The predicted octanol–water partition coefficient (Wildman–Crippen LogP) is -0.760. The van der Waals surface area contributed by atoms with Gasteiger partial charge in [-0.05, 0) is 0 Å². The fourth-order valence-electron chi connectivity index (χ4n) is 1.13. The maximum Gasteiger partial charge on any atom is 0.225 e. The molecular formula is C10H16N4O2. The highest BCUT2D eigenvalue weighted by atomic mass is 16.5. The van der Waals surface area contributed by atoms with Crippen LogP contribution in [0.3, 0.4) is 0 Å². The van der Waals surface area contributed by atoms with Gasteiger partial charge in [-0.1, -0.05) is 0 Å². The Morgan fingerprint density at radius 1 is 1.50 bits per heavy atom. The van der Waals surface area contributed by atoms with Crippen molar-refractivity contribution in [2.24, 2.45) is 5.73 Å². The topological polar surface area (TPSA) is 90.1 Å². The monoisotopic (exact) mass is 224 g/mol. The molecule has 1 amide bonds. The van der Waals surface area contributed by atoms with Crippen molar-refractivity contribution in [3.63, 3.8) is 0 Å². The molecule has 0 aliphatic carbocycles. The molecule has 3 N–H and O–H groups in total. The lowest BCUT2D eigenvalue weighted by atomic mass is 10.3. The van der Waals surface area contributed by atoms with Crippen molar-refractivity contribution in [1.82, 2.24) is 15.3 Å². The number of carbonyl (C=O) groups is 1. The minimum absolute atomic E-state index is 0.0807. The van der Waals surface area contributed by atoms with Gasteiger partial charge in [-0.25, -0.2) is 9.97 Å². The van der Waals surface area contributed by atoms with E-state index in [9.17, 15) is 4.79 Å². The third kappa shape index (κ3) is 4.81. The van der Waals surface area contributed by atoms with Gasteiger partial charge in [-0.2, -0.15) is 0 Å². The van der Waals surface area contributed by atoms with Gasteiger partial charge in [0.15, 0.2) is 0 Å². The number of hydrogen-bond acceptors (Lipinski definition) is 5. The van der Waals surface area contributed by atoms with Crippen molar-refractivity contribution in [3.05, 3.63) is 23.8 Å². The zero-order chi connectivity index (χ0) is 11.8. The van der Waals surface area contributed by atoms with E-state index in [1.54, 1.807) is 19.5 Å². The first-order valence-electron chi connectivity index (χ1n) is 5.00. The predicted molar refractivity (Wildman–Crippen MR) is 58.5 cm³/mol. The number of ether oxygens (including phenoxy) is 1. The number of amides is 1. The molecule has 0 unspecified atom stereocenters. The smallest absolute Gasteiger partial charge is 0.225 e. The lowest BCUT2D eigenvalue weighted by Crippen LogP contribution is -2.19. The summed E-state index contributed by atoms with van der Waals surface area (Å²) in [6.45, 7) is 2.13. The number of nitrogens with one attached hydrogen (secondary N) is 1. The highest BCUT2D eigenvalue weighted by Crippen LogP contribution is 1.96. The van der Waals surface area contributed by atoms with E-state index < -0.39 is 5.91 Å². The van der Waals surface area contributed by atoms with Gasteiger partial charge in [-0.15, -0.1) is 0 Å². The second-order valence-electron chi connectivity index (χ2n) is 3.32. The normalized spacial score (nSPS) is 10.3. The number of hydrogen-bond donors (Lipinski definition) is 2. The van der Waals surface area contributed by atoms with Crippen molar-refractivity contribution in [2.45, 2.75) is 13.0 Å².